The molecule has 0 aromatic heterocycles. The average Bonchev–Trinajstić information content (AvgIpc) is 3.58. The molecule has 1 fully saturated rings. The molecule has 19 heteroatoms. The van der Waals surface area contributed by atoms with E-state index in [9.17, 15) is 52.7 Å². The molecule has 4 aromatic carbocycles. The Balaban J connectivity index is 0.000000344. The first-order valence-electron chi connectivity index (χ1n) is 25.3. The zero-order chi connectivity index (χ0) is 59.3. The summed E-state index contributed by atoms with van der Waals surface area (Å²) in [6.07, 6.45) is -20.5. The van der Waals surface area contributed by atoms with Gasteiger partial charge in [-0.15, -0.1) is 0 Å². The Labute approximate surface area is 451 Å². The summed E-state index contributed by atoms with van der Waals surface area (Å²) in [5.74, 6) is 6.85. The zero-order valence-corrected chi connectivity index (χ0v) is 46.7. The third-order valence-electron chi connectivity index (χ3n) is 15.5. The van der Waals surface area contributed by atoms with E-state index in [4.69, 9.17) is 9.31 Å². The molecule has 4 aromatic rings. The summed E-state index contributed by atoms with van der Waals surface area (Å²) in [7, 11) is 1.33. The van der Waals surface area contributed by atoms with E-state index in [-0.39, 0.29) is 16.5 Å². The van der Waals surface area contributed by atoms with Crippen LogP contribution in [-0.2, 0) is 39.1 Å². The maximum absolute atomic E-state index is 13.7. The van der Waals surface area contributed by atoms with Crippen LogP contribution in [0.4, 0.5) is 52.7 Å². The summed E-state index contributed by atoms with van der Waals surface area (Å²) in [5.41, 5.74) is -2.10. The topological polar surface area (TPSA) is 55.4 Å². The van der Waals surface area contributed by atoms with Gasteiger partial charge in [0.1, 0.15) is 13.6 Å². The molecule has 0 amide bonds. The van der Waals surface area contributed by atoms with Crippen molar-refractivity contribution < 1.29 is 80.9 Å². The van der Waals surface area contributed by atoms with Gasteiger partial charge in [-0.3, -0.25) is 0 Å². The minimum absolute atomic E-state index is 0.0241. The molecule has 1 saturated heterocycles. The van der Waals surface area contributed by atoms with Crippen molar-refractivity contribution in [2.45, 2.75) is 174 Å². The molecule has 1 aliphatic heterocycles. The number of aryl methyl sites for hydroxylation is 5. The van der Waals surface area contributed by atoms with Crippen molar-refractivity contribution in [2.24, 2.45) is 0 Å². The first-order chi connectivity index (χ1) is 35.9. The van der Waals surface area contributed by atoms with E-state index in [1.165, 1.54) is 24.0 Å². The van der Waals surface area contributed by atoms with E-state index in [0.29, 0.717) is 24.0 Å². The Kier molecular flexibility index (Phi) is 20.5. The Hall–Kier alpha value is -5.02. The van der Waals surface area contributed by atoms with Crippen molar-refractivity contribution in [2.75, 3.05) is 27.8 Å². The number of halogens is 12. The van der Waals surface area contributed by atoms with Crippen LogP contribution in [0.25, 0.3) is 0 Å². The Morgan fingerprint density at radius 1 is 0.436 bits per heavy atom. The van der Waals surface area contributed by atoms with Gasteiger partial charge >= 0.3 is 43.0 Å². The molecule has 0 aliphatic carbocycles. The molecule has 5 rings (SSSR count). The fraction of sp³-hybridized carbons (Fsp3) is 0.525. The van der Waals surface area contributed by atoms with Gasteiger partial charge < -0.3 is 28.3 Å². The number of hydrogen-bond donors (Lipinski definition) is 0. The van der Waals surface area contributed by atoms with Crippen molar-refractivity contribution in [1.82, 2.24) is 0 Å². The van der Waals surface area contributed by atoms with Gasteiger partial charge in [-0.05, 0) is 162 Å². The van der Waals surface area contributed by atoms with Crippen molar-refractivity contribution in [1.29, 1.82) is 0 Å². The van der Waals surface area contributed by atoms with Crippen LogP contribution in [0.2, 0.25) is 0 Å². The van der Waals surface area contributed by atoms with Crippen LogP contribution in [0.3, 0.4) is 0 Å². The van der Waals surface area contributed by atoms with Crippen molar-refractivity contribution in [3.8, 4) is 23.7 Å². The van der Waals surface area contributed by atoms with Gasteiger partial charge in [0.15, 0.2) is 0 Å². The molecule has 0 spiro atoms. The van der Waals surface area contributed by atoms with Crippen LogP contribution in [0.15, 0.2) is 72.8 Å². The van der Waals surface area contributed by atoms with Gasteiger partial charge in [-0.1, -0.05) is 106 Å². The quantitative estimate of drug-likeness (QED) is 0.0512. The van der Waals surface area contributed by atoms with Crippen LogP contribution in [-0.4, -0.2) is 82.0 Å². The largest absolute Gasteiger partial charge is 0.495 e. The lowest BCUT2D eigenvalue weighted by Crippen LogP contribution is -2.58. The van der Waals surface area contributed by atoms with E-state index < -0.39 is 73.2 Å². The van der Waals surface area contributed by atoms with Crippen LogP contribution in [0.1, 0.15) is 142 Å². The Bertz CT molecular complexity index is 2790. The highest BCUT2D eigenvalue weighted by atomic mass is 19.4. The molecule has 0 radical (unpaired) electrons. The van der Waals surface area contributed by atoms with Crippen LogP contribution in [0.5, 0.6) is 0 Å². The fourth-order valence-electron chi connectivity index (χ4n) is 9.53. The maximum atomic E-state index is 13.7. The van der Waals surface area contributed by atoms with Crippen molar-refractivity contribution in [3.05, 3.63) is 134 Å². The van der Waals surface area contributed by atoms with Gasteiger partial charge in [0.05, 0.1) is 11.2 Å². The van der Waals surface area contributed by atoms with Gasteiger partial charge in [-0.25, -0.2) is 0 Å². The van der Waals surface area contributed by atoms with E-state index in [0.717, 1.165) is 71.5 Å². The molecule has 0 N–H and O–H groups in total. The van der Waals surface area contributed by atoms with Gasteiger partial charge in [0.25, 0.3) is 0 Å². The molecule has 6 nitrogen and oxygen atoms in total. The van der Waals surface area contributed by atoms with Gasteiger partial charge in [-0.2, -0.15) is 52.7 Å². The number of alkyl halides is 12. The fourth-order valence-corrected chi connectivity index (χ4v) is 9.53. The monoisotopic (exact) mass is 1110 g/mol. The summed E-state index contributed by atoms with van der Waals surface area (Å²) in [4.78, 5) is 0. The number of rotatable bonds is 15. The average molecular weight is 1110 g/mol. The second-order valence-corrected chi connectivity index (χ2v) is 20.6. The molecule has 0 unspecified atom stereocenters. The second kappa shape index (κ2) is 24.4. The van der Waals surface area contributed by atoms with Crippen LogP contribution >= 0.6 is 0 Å². The summed E-state index contributed by atoms with van der Waals surface area (Å²) < 4.78 is 193. The lowest BCUT2D eigenvalue weighted by Gasteiger charge is -2.34. The molecular formula is C59H69BF12O6. The predicted molar refractivity (Wildman–Crippen MR) is 277 cm³/mol. The van der Waals surface area contributed by atoms with E-state index in [2.05, 4.69) is 62.8 Å². The Morgan fingerprint density at radius 2 is 0.744 bits per heavy atom. The predicted octanol–water partition coefficient (Wildman–Crippen LogP) is 15.1. The molecule has 1 heterocycles. The SMILES string of the molecule is CCC(CC)(c1ccc(C#CC(OCOC)(C(F)(F)F)C(F)(F)F)c(C)c1)c1ccc(B2OC(C)(C)C(C)(C)O2)c(C)c1.CCC(CC)(c1ccc(C)c(C)c1)c1ccc(C#CC(OCOC)(C(F)(F)F)C(F)(F)F)c(C)c1. The summed E-state index contributed by atoms with van der Waals surface area (Å²) in [6.45, 7) is 22.9. The molecule has 78 heavy (non-hydrogen) atoms. The van der Waals surface area contributed by atoms with Gasteiger partial charge in [0.2, 0.25) is 0 Å². The minimum Gasteiger partial charge on any atom is -0.399 e. The standard InChI is InChI=1S/C32H39BF6O4.C27H30F6O2/c1-10-29(11-2,25-14-15-26(22(4)19-25)33-42-27(5,6)28(7,8)43-33)24-13-12-23(21(3)18-24)16-17-30(31(34,35)36,32(37,38)39)41-20-40-9;1-7-24(8-2,22-11-9-18(3)19(4)15-22)23-12-10-21(20(5)16-23)13-14-25(26(28,29)30,27(31,32)33)35-17-34-6/h12-15,18-19H,10-11,20H2,1-9H3;9-12,15-16H,7-8,17H2,1-6H3. The van der Waals surface area contributed by atoms with Crippen LogP contribution in [0, 0.1) is 58.3 Å². The van der Waals surface area contributed by atoms with E-state index in [1.807, 2.05) is 80.5 Å². The minimum atomic E-state index is -5.85. The van der Waals surface area contributed by atoms with E-state index >= 15 is 0 Å². The third kappa shape index (κ3) is 12.9. The zero-order valence-electron chi connectivity index (χ0n) is 46.7. The molecule has 0 saturated carbocycles. The van der Waals surface area contributed by atoms with Gasteiger partial charge in [0, 0.05) is 36.2 Å². The molecule has 428 valence electrons. The number of benzene rings is 4. The molecule has 0 bridgehead atoms. The smallest absolute Gasteiger partial charge is 0.399 e. The first-order valence-corrected chi connectivity index (χ1v) is 25.3. The summed E-state index contributed by atoms with van der Waals surface area (Å²) in [6, 6.07) is 22.2. The lowest BCUT2D eigenvalue weighted by atomic mass is 9.68. The van der Waals surface area contributed by atoms with Crippen molar-refractivity contribution in [3.63, 3.8) is 0 Å². The third-order valence-corrected chi connectivity index (χ3v) is 15.5. The molecular weight excluding hydrogens is 1040 g/mol. The summed E-state index contributed by atoms with van der Waals surface area (Å²) >= 11 is 0. The summed E-state index contributed by atoms with van der Waals surface area (Å²) in [5, 5.41) is 0. The highest BCUT2D eigenvalue weighted by Crippen LogP contribution is 2.48. The number of hydrogen-bond acceptors (Lipinski definition) is 6. The lowest BCUT2D eigenvalue weighted by molar-refractivity contribution is -0.368. The number of methoxy groups -OCH3 is 2. The molecule has 1 aliphatic rings. The second-order valence-electron chi connectivity index (χ2n) is 20.6. The highest BCUT2D eigenvalue weighted by Gasteiger charge is 2.73. The maximum Gasteiger partial charge on any atom is 0.495 e. The van der Waals surface area contributed by atoms with Crippen molar-refractivity contribution >= 4 is 12.6 Å². The first kappa shape index (κ1) is 65.5. The normalized spacial score (nSPS) is 15.2. The number of ether oxygens (including phenoxy) is 4. The Morgan fingerprint density at radius 3 is 1.03 bits per heavy atom. The van der Waals surface area contributed by atoms with Crippen LogP contribution < -0.4 is 5.46 Å². The highest BCUT2D eigenvalue weighted by molar-refractivity contribution is 6.62. The van der Waals surface area contributed by atoms with E-state index in [1.54, 1.807) is 38.1 Å². The molecule has 0 atom stereocenters.